The average molecular weight is 325 g/mol. The Morgan fingerprint density at radius 3 is 1.83 bits per heavy atom. The molecule has 0 aliphatic carbocycles. The van der Waals surface area contributed by atoms with Gasteiger partial charge in [-0.15, -0.1) is 0 Å². The third-order valence-corrected chi connectivity index (χ3v) is 4.24. The Morgan fingerprint density at radius 1 is 0.958 bits per heavy atom. The second kappa shape index (κ2) is 8.11. The Bertz CT molecular complexity index is 592. The van der Waals surface area contributed by atoms with Gasteiger partial charge in [0.15, 0.2) is 0 Å². The van der Waals surface area contributed by atoms with E-state index in [4.69, 9.17) is 0 Å². The average Bonchev–Trinajstić information content (AvgIpc) is 2.56. The smallest absolute Gasteiger partial charge is 0.232 e. The number of aliphatic hydroxyl groups is 1. The predicted octanol–water partition coefficient (Wildman–Crippen LogP) is 3.73. The van der Waals surface area contributed by atoms with Crippen LogP contribution in [0.2, 0.25) is 0 Å². The van der Waals surface area contributed by atoms with E-state index in [2.05, 4.69) is 5.32 Å². The minimum absolute atomic E-state index is 0.0338. The molecule has 0 saturated heterocycles. The zero-order valence-corrected chi connectivity index (χ0v) is 14.7. The first-order valence-electron chi connectivity index (χ1n) is 8.45. The highest BCUT2D eigenvalue weighted by Crippen LogP contribution is 2.25. The van der Waals surface area contributed by atoms with Gasteiger partial charge in [0.05, 0.1) is 12.0 Å². The van der Waals surface area contributed by atoms with E-state index in [1.165, 1.54) is 0 Å². The van der Waals surface area contributed by atoms with Crippen LogP contribution < -0.4 is 5.32 Å². The standard InChI is InChI=1S/C21H27NO2/c1-21(2,3)18(23)14-15-22-20(24)19(16-10-6-4-7-11-16)17-12-8-5-9-13-17/h4-13,18-19,23H,14-15H2,1-3H3,(H,22,24)/t18-/m1/s1. The summed E-state index contributed by atoms with van der Waals surface area (Å²) in [6.45, 7) is 6.45. The van der Waals surface area contributed by atoms with Crippen molar-refractivity contribution in [2.45, 2.75) is 39.2 Å². The SMILES string of the molecule is CC(C)(C)[C@H](O)CCNC(=O)C(c1ccccc1)c1ccccc1. The highest BCUT2D eigenvalue weighted by Gasteiger charge is 2.24. The van der Waals surface area contributed by atoms with Crippen LogP contribution in [0.25, 0.3) is 0 Å². The van der Waals surface area contributed by atoms with Crippen LogP contribution in [-0.4, -0.2) is 23.7 Å². The molecule has 2 aromatic rings. The molecule has 1 atom stereocenters. The fraction of sp³-hybridized carbons (Fsp3) is 0.381. The number of hydrogen-bond acceptors (Lipinski definition) is 2. The summed E-state index contributed by atoms with van der Waals surface area (Å²) in [5.74, 6) is -0.368. The zero-order valence-electron chi connectivity index (χ0n) is 14.7. The first-order chi connectivity index (χ1) is 11.4. The number of carbonyl (C=O) groups excluding carboxylic acids is 1. The third-order valence-electron chi connectivity index (χ3n) is 4.24. The number of aliphatic hydroxyl groups excluding tert-OH is 1. The molecule has 0 radical (unpaired) electrons. The lowest BCUT2D eigenvalue weighted by molar-refractivity contribution is -0.121. The summed E-state index contributed by atoms with van der Waals surface area (Å²) < 4.78 is 0. The maximum absolute atomic E-state index is 12.8. The third kappa shape index (κ3) is 4.93. The molecule has 0 aromatic heterocycles. The van der Waals surface area contributed by atoms with Crippen molar-refractivity contribution in [2.75, 3.05) is 6.54 Å². The number of hydrogen-bond donors (Lipinski definition) is 2. The second-order valence-corrected chi connectivity index (χ2v) is 7.22. The van der Waals surface area contributed by atoms with Crippen molar-refractivity contribution in [1.82, 2.24) is 5.32 Å². The number of amides is 1. The summed E-state index contributed by atoms with van der Waals surface area (Å²) in [6.07, 6.45) is 0.107. The maximum atomic E-state index is 12.8. The number of benzene rings is 2. The highest BCUT2D eigenvalue weighted by atomic mass is 16.3. The van der Waals surface area contributed by atoms with Gasteiger partial charge in [0.1, 0.15) is 0 Å². The van der Waals surface area contributed by atoms with Crippen LogP contribution in [0.15, 0.2) is 60.7 Å². The van der Waals surface area contributed by atoms with Crippen molar-refractivity contribution in [3.05, 3.63) is 71.8 Å². The molecule has 0 bridgehead atoms. The summed E-state index contributed by atoms with van der Waals surface area (Å²) in [4.78, 5) is 12.8. The van der Waals surface area contributed by atoms with E-state index < -0.39 is 6.10 Å². The van der Waals surface area contributed by atoms with Crippen LogP contribution in [0.5, 0.6) is 0 Å². The fourth-order valence-corrected chi connectivity index (χ4v) is 2.65. The lowest BCUT2D eigenvalue weighted by Gasteiger charge is -2.26. The van der Waals surface area contributed by atoms with Crippen molar-refractivity contribution in [3.63, 3.8) is 0 Å². The van der Waals surface area contributed by atoms with Gasteiger partial charge < -0.3 is 10.4 Å². The van der Waals surface area contributed by atoms with E-state index >= 15 is 0 Å². The van der Waals surface area contributed by atoms with Gasteiger partial charge in [-0.05, 0) is 23.0 Å². The van der Waals surface area contributed by atoms with E-state index in [1.54, 1.807) is 0 Å². The van der Waals surface area contributed by atoms with E-state index in [-0.39, 0.29) is 17.2 Å². The van der Waals surface area contributed by atoms with Gasteiger partial charge in [-0.2, -0.15) is 0 Å². The Kier molecular flexibility index (Phi) is 6.16. The van der Waals surface area contributed by atoms with Crippen molar-refractivity contribution in [3.8, 4) is 0 Å². The normalized spacial score (nSPS) is 12.9. The molecule has 0 spiro atoms. The van der Waals surface area contributed by atoms with Crippen LogP contribution in [-0.2, 0) is 4.79 Å². The summed E-state index contributed by atoms with van der Waals surface area (Å²) in [7, 11) is 0. The molecule has 0 aliphatic heterocycles. The molecule has 2 aromatic carbocycles. The van der Waals surface area contributed by atoms with Crippen LogP contribution in [0, 0.1) is 5.41 Å². The zero-order chi connectivity index (χ0) is 17.6. The molecule has 3 heteroatoms. The molecule has 0 heterocycles. The fourth-order valence-electron chi connectivity index (χ4n) is 2.65. The van der Waals surface area contributed by atoms with Gasteiger partial charge in [-0.25, -0.2) is 0 Å². The first-order valence-corrected chi connectivity index (χ1v) is 8.45. The van der Waals surface area contributed by atoms with Gasteiger partial charge in [0.25, 0.3) is 0 Å². The Morgan fingerprint density at radius 2 is 1.42 bits per heavy atom. The molecule has 2 N–H and O–H groups in total. The van der Waals surface area contributed by atoms with E-state index in [0.29, 0.717) is 13.0 Å². The van der Waals surface area contributed by atoms with Crippen LogP contribution in [0.4, 0.5) is 0 Å². The minimum atomic E-state index is -0.440. The largest absolute Gasteiger partial charge is 0.393 e. The lowest BCUT2D eigenvalue weighted by atomic mass is 9.87. The van der Waals surface area contributed by atoms with Crippen LogP contribution in [0.1, 0.15) is 44.2 Å². The monoisotopic (exact) mass is 325 g/mol. The summed E-state index contributed by atoms with van der Waals surface area (Å²) in [5.41, 5.74) is 1.76. The number of rotatable bonds is 6. The Balaban J connectivity index is 2.09. The van der Waals surface area contributed by atoms with Crippen molar-refractivity contribution in [1.29, 1.82) is 0 Å². The molecule has 0 unspecified atom stereocenters. The molecule has 0 saturated carbocycles. The van der Waals surface area contributed by atoms with Crippen LogP contribution >= 0.6 is 0 Å². The molecule has 1 amide bonds. The van der Waals surface area contributed by atoms with Gasteiger partial charge in [-0.3, -0.25) is 4.79 Å². The van der Waals surface area contributed by atoms with Crippen molar-refractivity contribution in [2.24, 2.45) is 5.41 Å². The quantitative estimate of drug-likeness (QED) is 0.850. The topological polar surface area (TPSA) is 49.3 Å². The molecule has 2 rings (SSSR count). The van der Waals surface area contributed by atoms with E-state index in [0.717, 1.165) is 11.1 Å². The van der Waals surface area contributed by atoms with Gasteiger partial charge in [0.2, 0.25) is 5.91 Å². The summed E-state index contributed by atoms with van der Waals surface area (Å²) in [5, 5.41) is 13.1. The first kappa shape index (κ1) is 18.2. The number of carbonyl (C=O) groups is 1. The lowest BCUT2D eigenvalue weighted by Crippen LogP contribution is -2.35. The number of nitrogens with one attached hydrogen (secondary N) is 1. The Hall–Kier alpha value is -2.13. The minimum Gasteiger partial charge on any atom is -0.393 e. The second-order valence-electron chi connectivity index (χ2n) is 7.22. The molecule has 128 valence electrons. The molecule has 3 nitrogen and oxygen atoms in total. The predicted molar refractivity (Wildman–Crippen MR) is 97.8 cm³/mol. The molecule has 0 fully saturated rings. The van der Waals surface area contributed by atoms with E-state index in [9.17, 15) is 9.90 Å². The highest BCUT2D eigenvalue weighted by molar-refractivity contribution is 5.87. The van der Waals surface area contributed by atoms with E-state index in [1.807, 2.05) is 81.4 Å². The Labute approximate surface area is 144 Å². The molecule has 24 heavy (non-hydrogen) atoms. The van der Waals surface area contributed by atoms with Gasteiger partial charge in [0, 0.05) is 6.54 Å². The summed E-state index contributed by atoms with van der Waals surface area (Å²) >= 11 is 0. The molecular weight excluding hydrogens is 298 g/mol. The maximum Gasteiger partial charge on any atom is 0.232 e. The summed E-state index contributed by atoms with van der Waals surface area (Å²) in [6, 6.07) is 19.6. The molecular formula is C21H27NO2. The van der Waals surface area contributed by atoms with Gasteiger partial charge >= 0.3 is 0 Å². The van der Waals surface area contributed by atoms with Crippen molar-refractivity contribution >= 4 is 5.91 Å². The van der Waals surface area contributed by atoms with Gasteiger partial charge in [-0.1, -0.05) is 81.4 Å². The molecule has 0 aliphatic rings. The van der Waals surface area contributed by atoms with Crippen molar-refractivity contribution < 1.29 is 9.90 Å². The van der Waals surface area contributed by atoms with Crippen LogP contribution in [0.3, 0.4) is 0 Å².